The van der Waals surface area contributed by atoms with Gasteiger partial charge in [0.15, 0.2) is 5.96 Å². The molecule has 0 amide bonds. The van der Waals surface area contributed by atoms with E-state index < -0.39 is 0 Å². The summed E-state index contributed by atoms with van der Waals surface area (Å²) in [7, 11) is 0. The van der Waals surface area contributed by atoms with Crippen LogP contribution in [0.3, 0.4) is 0 Å². The van der Waals surface area contributed by atoms with E-state index in [0.717, 1.165) is 83.4 Å². The Labute approximate surface area is 210 Å². The molecule has 2 heterocycles. The third kappa shape index (κ3) is 8.61. The molecular formula is C24H40IN7. The monoisotopic (exact) mass is 553 g/mol. The summed E-state index contributed by atoms with van der Waals surface area (Å²) >= 11 is 0. The Morgan fingerprint density at radius 2 is 1.75 bits per heavy atom. The van der Waals surface area contributed by atoms with Gasteiger partial charge in [-0.15, -0.1) is 24.0 Å². The molecule has 2 N–H and O–H groups in total. The second-order valence-electron chi connectivity index (χ2n) is 8.21. The number of hydrogen-bond donors (Lipinski definition) is 2. The molecule has 3 rings (SSSR count). The first-order valence-electron chi connectivity index (χ1n) is 11.7. The number of para-hydroxylation sites is 1. The smallest absolute Gasteiger partial charge is 0.191 e. The second kappa shape index (κ2) is 14.4. The lowest BCUT2D eigenvalue weighted by Crippen LogP contribution is -2.47. The fourth-order valence-corrected chi connectivity index (χ4v) is 4.03. The topological polar surface area (TPSA) is 60.7 Å². The molecule has 1 aliphatic heterocycles. The summed E-state index contributed by atoms with van der Waals surface area (Å²) < 4.78 is 2.07. The van der Waals surface area contributed by atoms with Crippen LogP contribution in [0.5, 0.6) is 0 Å². The largest absolute Gasteiger partial charge is 0.369 e. The first-order valence-corrected chi connectivity index (χ1v) is 11.7. The molecular weight excluding hydrogens is 513 g/mol. The highest BCUT2D eigenvalue weighted by molar-refractivity contribution is 14.0. The van der Waals surface area contributed by atoms with E-state index in [1.165, 1.54) is 11.4 Å². The number of nitrogens with zero attached hydrogens (tertiary/aromatic N) is 5. The molecule has 32 heavy (non-hydrogen) atoms. The van der Waals surface area contributed by atoms with Crippen LogP contribution in [0, 0.1) is 13.8 Å². The first-order chi connectivity index (χ1) is 15.2. The van der Waals surface area contributed by atoms with Crippen molar-refractivity contribution < 1.29 is 0 Å². The molecule has 0 bridgehead atoms. The number of nitrogens with one attached hydrogen (secondary N) is 2. The Hall–Kier alpha value is -1.81. The van der Waals surface area contributed by atoms with Crippen LogP contribution in [0.1, 0.15) is 31.2 Å². The lowest BCUT2D eigenvalue weighted by molar-refractivity contribution is 0.255. The standard InChI is InChI=1S/C24H39N7.HI/c1-4-25-24(27-13-9-15-31-22(3)20-21(2)28-31)26-12-8-14-29-16-18-30(19-17-29)23-10-6-5-7-11-23;/h5-7,10-11,20H,4,8-9,12-19H2,1-3H3,(H2,25,26,27);1H. The number of hydrogen-bond acceptors (Lipinski definition) is 4. The minimum absolute atomic E-state index is 0. The highest BCUT2D eigenvalue weighted by Crippen LogP contribution is 2.15. The van der Waals surface area contributed by atoms with E-state index in [2.05, 4.69) is 80.5 Å². The average Bonchev–Trinajstić information content (AvgIpc) is 3.12. The Balaban J connectivity index is 0.00000363. The molecule has 0 radical (unpaired) electrons. The van der Waals surface area contributed by atoms with E-state index >= 15 is 0 Å². The molecule has 178 valence electrons. The minimum Gasteiger partial charge on any atom is -0.369 e. The van der Waals surface area contributed by atoms with Crippen LogP contribution in [0.25, 0.3) is 0 Å². The summed E-state index contributed by atoms with van der Waals surface area (Å²) in [6.07, 6.45) is 2.12. The van der Waals surface area contributed by atoms with Gasteiger partial charge in [-0.3, -0.25) is 14.6 Å². The molecule has 8 heteroatoms. The Bertz CT molecular complexity index is 798. The molecule has 7 nitrogen and oxygen atoms in total. The maximum atomic E-state index is 4.73. The number of aliphatic imine (C=N–C) groups is 1. The molecule has 2 aromatic rings. The number of benzene rings is 1. The molecule has 1 saturated heterocycles. The Morgan fingerprint density at radius 1 is 1.00 bits per heavy atom. The Kier molecular flexibility index (Phi) is 11.9. The molecule has 0 atom stereocenters. The molecule has 0 unspecified atom stereocenters. The van der Waals surface area contributed by atoms with Crippen LogP contribution in [-0.4, -0.2) is 73.0 Å². The maximum absolute atomic E-state index is 4.73. The number of guanidine groups is 1. The third-order valence-corrected chi connectivity index (χ3v) is 5.68. The van der Waals surface area contributed by atoms with Gasteiger partial charge in [-0.2, -0.15) is 5.10 Å². The van der Waals surface area contributed by atoms with Crippen LogP contribution >= 0.6 is 24.0 Å². The molecule has 1 aromatic heterocycles. The summed E-state index contributed by atoms with van der Waals surface area (Å²) in [6, 6.07) is 12.9. The van der Waals surface area contributed by atoms with Gasteiger partial charge >= 0.3 is 0 Å². The highest BCUT2D eigenvalue weighted by atomic mass is 127. The zero-order chi connectivity index (χ0) is 21.9. The van der Waals surface area contributed by atoms with Gasteiger partial charge in [0.1, 0.15) is 0 Å². The van der Waals surface area contributed by atoms with Crippen LogP contribution in [0.2, 0.25) is 0 Å². The molecule has 0 aliphatic carbocycles. The van der Waals surface area contributed by atoms with E-state index in [9.17, 15) is 0 Å². The van der Waals surface area contributed by atoms with Gasteiger partial charge in [0.25, 0.3) is 0 Å². The first kappa shape index (κ1) is 26.4. The van der Waals surface area contributed by atoms with Gasteiger partial charge in [0.2, 0.25) is 0 Å². The molecule has 1 aromatic carbocycles. The van der Waals surface area contributed by atoms with Crippen molar-refractivity contribution in [3.05, 3.63) is 47.8 Å². The number of anilines is 1. The predicted octanol–water partition coefficient (Wildman–Crippen LogP) is 3.28. The van der Waals surface area contributed by atoms with Gasteiger partial charge < -0.3 is 15.5 Å². The zero-order valence-corrected chi connectivity index (χ0v) is 22.2. The summed E-state index contributed by atoms with van der Waals surface area (Å²) in [5.74, 6) is 0.921. The fraction of sp³-hybridized carbons (Fsp3) is 0.583. The number of piperazine rings is 1. The lowest BCUT2D eigenvalue weighted by atomic mass is 10.2. The van der Waals surface area contributed by atoms with Crippen molar-refractivity contribution in [2.24, 2.45) is 4.99 Å². The van der Waals surface area contributed by atoms with Crippen molar-refractivity contribution in [2.45, 2.75) is 40.2 Å². The van der Waals surface area contributed by atoms with E-state index in [0.29, 0.717) is 0 Å². The van der Waals surface area contributed by atoms with Gasteiger partial charge in [-0.25, -0.2) is 0 Å². The summed E-state index contributed by atoms with van der Waals surface area (Å²) in [6.45, 7) is 15.4. The van der Waals surface area contributed by atoms with Crippen molar-refractivity contribution in [3.8, 4) is 0 Å². The van der Waals surface area contributed by atoms with Crippen molar-refractivity contribution >= 4 is 35.6 Å². The van der Waals surface area contributed by atoms with Crippen LogP contribution in [-0.2, 0) is 6.54 Å². The molecule has 1 fully saturated rings. The second-order valence-corrected chi connectivity index (χ2v) is 8.21. The quantitative estimate of drug-likeness (QED) is 0.205. The lowest BCUT2D eigenvalue weighted by Gasteiger charge is -2.36. The molecule has 1 aliphatic rings. The maximum Gasteiger partial charge on any atom is 0.191 e. The van der Waals surface area contributed by atoms with Crippen molar-refractivity contribution in [2.75, 3.05) is 57.3 Å². The van der Waals surface area contributed by atoms with Gasteiger partial charge in [-0.05, 0) is 58.4 Å². The average molecular weight is 554 g/mol. The van der Waals surface area contributed by atoms with E-state index in [4.69, 9.17) is 4.99 Å². The normalized spacial score (nSPS) is 14.8. The number of rotatable bonds is 10. The van der Waals surface area contributed by atoms with E-state index in [-0.39, 0.29) is 24.0 Å². The van der Waals surface area contributed by atoms with Gasteiger partial charge in [0.05, 0.1) is 5.69 Å². The van der Waals surface area contributed by atoms with Crippen LogP contribution in [0.15, 0.2) is 41.4 Å². The zero-order valence-electron chi connectivity index (χ0n) is 19.9. The highest BCUT2D eigenvalue weighted by Gasteiger charge is 2.16. The third-order valence-electron chi connectivity index (χ3n) is 5.68. The number of aryl methyl sites for hydroxylation is 3. The van der Waals surface area contributed by atoms with Gasteiger partial charge in [-0.1, -0.05) is 18.2 Å². The molecule has 0 spiro atoms. The van der Waals surface area contributed by atoms with E-state index in [1.54, 1.807) is 0 Å². The fourth-order valence-electron chi connectivity index (χ4n) is 4.03. The van der Waals surface area contributed by atoms with E-state index in [1.807, 2.05) is 6.92 Å². The number of halogens is 1. The summed E-state index contributed by atoms with van der Waals surface area (Å²) in [4.78, 5) is 9.78. The predicted molar refractivity (Wildman–Crippen MR) is 145 cm³/mol. The minimum atomic E-state index is 0. The Morgan fingerprint density at radius 3 is 2.41 bits per heavy atom. The van der Waals surface area contributed by atoms with Crippen molar-refractivity contribution in [3.63, 3.8) is 0 Å². The summed E-state index contributed by atoms with van der Waals surface area (Å²) in [5.41, 5.74) is 3.64. The SMILES string of the molecule is CCNC(=NCCCn1nc(C)cc1C)NCCCN1CCN(c2ccccc2)CC1.I. The van der Waals surface area contributed by atoms with Crippen molar-refractivity contribution in [1.29, 1.82) is 0 Å². The van der Waals surface area contributed by atoms with Crippen LogP contribution in [0.4, 0.5) is 5.69 Å². The van der Waals surface area contributed by atoms with Crippen molar-refractivity contribution in [1.82, 2.24) is 25.3 Å². The number of aromatic nitrogens is 2. The molecule has 0 saturated carbocycles. The van der Waals surface area contributed by atoms with Crippen LogP contribution < -0.4 is 15.5 Å². The summed E-state index contributed by atoms with van der Waals surface area (Å²) in [5, 5.41) is 11.4. The van der Waals surface area contributed by atoms with Gasteiger partial charge in [0, 0.05) is 63.7 Å².